The minimum absolute atomic E-state index is 0.877. The van der Waals surface area contributed by atoms with Gasteiger partial charge in [-0.3, -0.25) is 0 Å². The Bertz CT molecular complexity index is 3080. The summed E-state index contributed by atoms with van der Waals surface area (Å²) in [5.41, 5.74) is 11.4. The van der Waals surface area contributed by atoms with E-state index in [9.17, 15) is 0 Å². The molecule has 1 aliphatic heterocycles. The van der Waals surface area contributed by atoms with Gasteiger partial charge >= 0.3 is 0 Å². The maximum Gasteiger partial charge on any atom is 0.172 e. The Kier molecular flexibility index (Phi) is 6.23. The SMILES string of the molecule is O=P1(c2ccccc2)c2ccccc2-c2cc3c(cc21)c1ccccc1n3-c1ccc(-c2ccc3c(c2)c2ccccc2n3-c2ccccc2)cc1. The zero-order valence-corrected chi connectivity index (χ0v) is 29.0. The zero-order chi connectivity index (χ0) is 34.4. The molecule has 52 heavy (non-hydrogen) atoms. The van der Waals surface area contributed by atoms with Crippen LogP contribution in [0, 0.1) is 0 Å². The minimum atomic E-state index is -3.05. The molecule has 0 amide bonds. The highest BCUT2D eigenvalue weighted by atomic mass is 31.2. The lowest BCUT2D eigenvalue weighted by atomic mass is 10.0. The summed E-state index contributed by atoms with van der Waals surface area (Å²) in [5.74, 6) is 0. The standard InChI is InChI=1S/C48H31N2OP/c51-52(36-15-5-2-6-16-36)47-22-12-9-19-39(47)42-30-46-41(31-48(42)52)38-18-8-11-21-44(38)50(46)35-26-23-32(24-27-35)33-25-28-45-40(29-33)37-17-7-10-20-43(37)49(45)34-13-3-1-4-14-34/h1-31H. The summed E-state index contributed by atoms with van der Waals surface area (Å²) in [4.78, 5) is 0. The first-order valence-corrected chi connectivity index (χ1v) is 19.4. The van der Waals surface area contributed by atoms with Crippen LogP contribution in [0.2, 0.25) is 0 Å². The van der Waals surface area contributed by atoms with Crippen molar-refractivity contribution in [1.82, 2.24) is 9.13 Å². The first-order chi connectivity index (χ1) is 25.7. The summed E-state index contributed by atoms with van der Waals surface area (Å²) in [6, 6.07) is 66.3. The Morgan fingerprint density at radius 3 is 1.62 bits per heavy atom. The summed E-state index contributed by atoms with van der Waals surface area (Å²) < 4.78 is 20.0. The maximum atomic E-state index is 15.3. The number of nitrogens with zero attached hydrogens (tertiary/aromatic N) is 2. The van der Waals surface area contributed by atoms with Crippen LogP contribution < -0.4 is 15.9 Å². The third-order valence-corrected chi connectivity index (χ3v) is 14.1. The predicted molar refractivity (Wildman–Crippen MR) is 219 cm³/mol. The largest absolute Gasteiger partial charge is 0.309 e. The molecule has 4 heteroatoms. The topological polar surface area (TPSA) is 26.9 Å². The van der Waals surface area contributed by atoms with Gasteiger partial charge in [0.15, 0.2) is 7.14 Å². The van der Waals surface area contributed by atoms with Gasteiger partial charge in [-0.15, -0.1) is 0 Å². The molecule has 244 valence electrons. The summed E-state index contributed by atoms with van der Waals surface area (Å²) in [6.07, 6.45) is 0. The molecule has 0 aliphatic carbocycles. The highest BCUT2D eigenvalue weighted by Crippen LogP contribution is 2.53. The van der Waals surface area contributed by atoms with E-state index in [1.807, 2.05) is 36.4 Å². The number of aromatic nitrogens is 2. The Morgan fingerprint density at radius 1 is 0.346 bits per heavy atom. The summed E-state index contributed by atoms with van der Waals surface area (Å²) >= 11 is 0. The van der Waals surface area contributed by atoms with Gasteiger partial charge in [0, 0.05) is 48.8 Å². The maximum absolute atomic E-state index is 15.3. The van der Waals surface area contributed by atoms with E-state index in [0.29, 0.717) is 0 Å². The van der Waals surface area contributed by atoms with Crippen LogP contribution in [0.3, 0.4) is 0 Å². The monoisotopic (exact) mass is 682 g/mol. The molecule has 1 unspecified atom stereocenters. The second-order valence-corrected chi connectivity index (χ2v) is 16.4. The second-order valence-electron chi connectivity index (χ2n) is 13.7. The zero-order valence-electron chi connectivity index (χ0n) is 28.1. The van der Waals surface area contributed by atoms with Crippen LogP contribution in [0.25, 0.3) is 77.2 Å². The van der Waals surface area contributed by atoms with Crippen molar-refractivity contribution >= 4 is 66.7 Å². The van der Waals surface area contributed by atoms with Gasteiger partial charge in [-0.25, -0.2) is 0 Å². The highest BCUT2D eigenvalue weighted by molar-refractivity contribution is 7.86. The lowest BCUT2D eigenvalue weighted by Gasteiger charge is -2.16. The van der Waals surface area contributed by atoms with Crippen LogP contribution in [0.1, 0.15) is 0 Å². The molecular weight excluding hydrogens is 652 g/mol. The van der Waals surface area contributed by atoms with Crippen LogP contribution in [0.15, 0.2) is 188 Å². The van der Waals surface area contributed by atoms with Gasteiger partial charge in [0.05, 0.1) is 22.1 Å². The van der Waals surface area contributed by atoms with Crippen molar-refractivity contribution in [2.45, 2.75) is 0 Å². The summed E-state index contributed by atoms with van der Waals surface area (Å²) in [7, 11) is -3.05. The fourth-order valence-electron chi connectivity index (χ4n) is 8.59. The van der Waals surface area contributed by atoms with E-state index in [-0.39, 0.29) is 0 Å². The lowest BCUT2D eigenvalue weighted by Crippen LogP contribution is -2.20. The quantitative estimate of drug-likeness (QED) is 0.170. The van der Waals surface area contributed by atoms with E-state index in [2.05, 4.69) is 161 Å². The molecule has 0 radical (unpaired) electrons. The van der Waals surface area contributed by atoms with Crippen molar-refractivity contribution in [2.75, 3.05) is 0 Å². The first kappa shape index (κ1) is 29.3. The molecule has 0 spiro atoms. The summed E-state index contributed by atoms with van der Waals surface area (Å²) in [5, 5.41) is 7.48. The molecule has 0 saturated heterocycles. The van der Waals surface area contributed by atoms with Gasteiger partial charge < -0.3 is 13.7 Å². The fraction of sp³-hybridized carbons (Fsp3) is 0. The number of hydrogen-bond acceptors (Lipinski definition) is 1. The Hall–Kier alpha value is -6.41. The molecule has 2 aromatic heterocycles. The van der Waals surface area contributed by atoms with E-state index >= 15 is 4.57 Å². The van der Waals surface area contributed by atoms with Gasteiger partial charge in [-0.05, 0) is 82.9 Å². The highest BCUT2D eigenvalue weighted by Gasteiger charge is 2.40. The smallest absolute Gasteiger partial charge is 0.172 e. The van der Waals surface area contributed by atoms with Gasteiger partial charge in [-0.2, -0.15) is 0 Å². The van der Waals surface area contributed by atoms with Crippen LogP contribution in [-0.2, 0) is 4.57 Å². The first-order valence-electron chi connectivity index (χ1n) is 17.7. The molecule has 0 saturated carbocycles. The Balaban J connectivity index is 1.07. The molecule has 8 aromatic carbocycles. The van der Waals surface area contributed by atoms with Crippen molar-refractivity contribution in [2.24, 2.45) is 0 Å². The average molecular weight is 683 g/mol. The van der Waals surface area contributed by atoms with Crippen LogP contribution >= 0.6 is 7.14 Å². The van der Waals surface area contributed by atoms with Gasteiger partial charge in [0.1, 0.15) is 0 Å². The van der Waals surface area contributed by atoms with Crippen LogP contribution in [0.4, 0.5) is 0 Å². The van der Waals surface area contributed by atoms with Gasteiger partial charge in [0.2, 0.25) is 0 Å². The van der Waals surface area contributed by atoms with Gasteiger partial charge in [0.25, 0.3) is 0 Å². The van der Waals surface area contributed by atoms with E-state index in [4.69, 9.17) is 0 Å². The molecule has 1 atom stereocenters. The molecule has 3 nitrogen and oxygen atoms in total. The van der Waals surface area contributed by atoms with E-state index in [1.54, 1.807) is 0 Å². The third kappa shape index (κ3) is 4.06. The molecule has 1 aliphatic rings. The van der Waals surface area contributed by atoms with Crippen molar-refractivity contribution < 1.29 is 4.57 Å². The number of para-hydroxylation sites is 3. The number of rotatable bonds is 4. The molecule has 0 N–H and O–H groups in total. The van der Waals surface area contributed by atoms with Crippen LogP contribution in [-0.4, -0.2) is 9.13 Å². The van der Waals surface area contributed by atoms with E-state index < -0.39 is 7.14 Å². The van der Waals surface area contributed by atoms with Crippen molar-refractivity contribution in [3.63, 3.8) is 0 Å². The fourth-order valence-corrected chi connectivity index (χ4v) is 11.7. The molecular formula is C48H31N2OP. The molecule has 10 aromatic rings. The second kappa shape index (κ2) is 11.0. The van der Waals surface area contributed by atoms with E-state index in [1.165, 1.54) is 32.9 Å². The van der Waals surface area contributed by atoms with E-state index in [0.717, 1.165) is 60.2 Å². The van der Waals surface area contributed by atoms with Crippen molar-refractivity contribution in [1.29, 1.82) is 0 Å². The third-order valence-electron chi connectivity index (χ3n) is 10.9. The minimum Gasteiger partial charge on any atom is -0.309 e. The predicted octanol–water partition coefficient (Wildman–Crippen LogP) is 11.2. The van der Waals surface area contributed by atoms with Gasteiger partial charge in [-0.1, -0.05) is 127 Å². The van der Waals surface area contributed by atoms with Crippen LogP contribution in [0.5, 0.6) is 0 Å². The number of hydrogen-bond donors (Lipinski definition) is 0. The number of fused-ring (bicyclic) bond motifs is 9. The molecule has 11 rings (SSSR count). The Morgan fingerprint density at radius 2 is 0.885 bits per heavy atom. The van der Waals surface area contributed by atoms with Crippen molar-refractivity contribution in [3.8, 4) is 33.6 Å². The molecule has 0 fully saturated rings. The average Bonchev–Trinajstić information content (AvgIpc) is 3.81. The van der Waals surface area contributed by atoms with Crippen molar-refractivity contribution in [3.05, 3.63) is 188 Å². The molecule has 0 bridgehead atoms. The summed E-state index contributed by atoms with van der Waals surface area (Å²) in [6.45, 7) is 0. The normalized spacial score (nSPS) is 15.1. The Labute approximate surface area is 301 Å². The molecule has 3 heterocycles. The number of benzene rings is 8. The lowest BCUT2D eigenvalue weighted by molar-refractivity contribution is 0.593.